The summed E-state index contributed by atoms with van der Waals surface area (Å²) in [4.78, 5) is 16.8. The van der Waals surface area contributed by atoms with Crippen molar-refractivity contribution in [2.75, 3.05) is 19.6 Å². The molecule has 1 saturated heterocycles. The van der Waals surface area contributed by atoms with E-state index >= 15 is 0 Å². The third kappa shape index (κ3) is 3.47. The predicted molar refractivity (Wildman–Crippen MR) is 66.6 cm³/mol. The van der Waals surface area contributed by atoms with Crippen LogP contribution >= 0.6 is 0 Å². The van der Waals surface area contributed by atoms with Gasteiger partial charge in [0.2, 0.25) is 5.91 Å². The maximum absolute atomic E-state index is 12.9. The van der Waals surface area contributed by atoms with Crippen LogP contribution in [0.15, 0.2) is 24.5 Å². The summed E-state index contributed by atoms with van der Waals surface area (Å²) in [7, 11) is 0. The number of alkyl halides is 3. The first kappa shape index (κ1) is 14.8. The average molecular weight is 287 g/mol. The Labute approximate surface area is 114 Å². The molecule has 110 valence electrons. The second-order valence-electron chi connectivity index (χ2n) is 5.03. The van der Waals surface area contributed by atoms with Crippen molar-refractivity contribution in [2.24, 2.45) is 17.6 Å². The molecule has 2 rings (SSSR count). The van der Waals surface area contributed by atoms with E-state index in [1.54, 1.807) is 23.4 Å². The summed E-state index contributed by atoms with van der Waals surface area (Å²) in [5.41, 5.74) is 6.04. The van der Waals surface area contributed by atoms with Crippen molar-refractivity contribution < 1.29 is 18.0 Å². The molecule has 20 heavy (non-hydrogen) atoms. The maximum Gasteiger partial charge on any atom is 0.393 e. The number of nitrogens with zero attached hydrogens (tertiary/aromatic N) is 2. The fraction of sp³-hybridized carbons (Fsp3) is 0.538. The summed E-state index contributed by atoms with van der Waals surface area (Å²) in [5, 5.41) is 0. The number of nitrogens with two attached hydrogens (primary N) is 1. The van der Waals surface area contributed by atoms with E-state index in [4.69, 9.17) is 5.73 Å². The molecule has 0 aliphatic carbocycles. The minimum atomic E-state index is -4.39. The Bertz CT molecular complexity index is 464. The minimum absolute atomic E-state index is 0.0692. The molecular formula is C13H16F3N3O. The molecule has 1 fully saturated rings. The Kier molecular flexibility index (Phi) is 4.27. The van der Waals surface area contributed by atoms with Crippen LogP contribution in [0.2, 0.25) is 0 Å². The molecule has 1 aromatic rings. The Morgan fingerprint density at radius 3 is 2.70 bits per heavy atom. The Morgan fingerprint density at radius 2 is 2.20 bits per heavy atom. The van der Waals surface area contributed by atoms with Gasteiger partial charge in [0.05, 0.1) is 11.8 Å². The lowest BCUT2D eigenvalue weighted by Crippen LogP contribution is -2.37. The van der Waals surface area contributed by atoms with E-state index in [9.17, 15) is 18.0 Å². The van der Waals surface area contributed by atoms with Gasteiger partial charge in [-0.2, -0.15) is 13.2 Å². The standard InChI is InChI=1S/C13H16F3N3O/c14-13(15,16)11-8-19(7-10(11)12(17)20)5-3-9-2-1-4-18-6-9/h1-2,4,6,10-11H,3,5,7-8H2,(H2,17,20)/t10-,11-/m1/s1. The van der Waals surface area contributed by atoms with E-state index < -0.39 is 23.9 Å². The van der Waals surface area contributed by atoms with Crippen molar-refractivity contribution in [1.29, 1.82) is 0 Å². The molecule has 0 spiro atoms. The lowest BCUT2D eigenvalue weighted by atomic mass is 9.95. The summed E-state index contributed by atoms with van der Waals surface area (Å²) >= 11 is 0. The first-order valence-corrected chi connectivity index (χ1v) is 6.35. The van der Waals surface area contributed by atoms with Crippen molar-refractivity contribution in [3.8, 4) is 0 Å². The molecule has 0 unspecified atom stereocenters. The van der Waals surface area contributed by atoms with Crippen LogP contribution in [-0.4, -0.2) is 41.6 Å². The molecule has 1 aliphatic heterocycles. The fourth-order valence-electron chi connectivity index (χ4n) is 2.52. The zero-order valence-corrected chi connectivity index (χ0v) is 10.8. The molecule has 2 heterocycles. The first-order chi connectivity index (χ1) is 9.38. The van der Waals surface area contributed by atoms with Crippen LogP contribution in [0.25, 0.3) is 0 Å². The van der Waals surface area contributed by atoms with E-state index in [0.29, 0.717) is 13.0 Å². The number of likely N-dealkylation sites (tertiary alicyclic amines) is 1. The van der Waals surface area contributed by atoms with Crippen LogP contribution in [0.4, 0.5) is 13.2 Å². The third-order valence-corrected chi connectivity index (χ3v) is 3.62. The summed E-state index contributed by atoms with van der Waals surface area (Å²) < 4.78 is 38.6. The summed E-state index contributed by atoms with van der Waals surface area (Å²) in [6.07, 6.45) is -0.461. The number of primary amides is 1. The van der Waals surface area contributed by atoms with Crippen LogP contribution < -0.4 is 5.73 Å². The van der Waals surface area contributed by atoms with Gasteiger partial charge in [0, 0.05) is 32.0 Å². The van der Waals surface area contributed by atoms with Crippen molar-refractivity contribution >= 4 is 5.91 Å². The van der Waals surface area contributed by atoms with Gasteiger partial charge in [-0.05, 0) is 18.1 Å². The number of halogens is 3. The largest absolute Gasteiger partial charge is 0.393 e. The van der Waals surface area contributed by atoms with Gasteiger partial charge in [-0.25, -0.2) is 0 Å². The fourth-order valence-corrected chi connectivity index (χ4v) is 2.52. The monoisotopic (exact) mass is 287 g/mol. The zero-order chi connectivity index (χ0) is 14.8. The van der Waals surface area contributed by atoms with Gasteiger partial charge in [0.15, 0.2) is 0 Å². The van der Waals surface area contributed by atoms with Crippen LogP contribution in [0.5, 0.6) is 0 Å². The number of aromatic nitrogens is 1. The van der Waals surface area contributed by atoms with Crippen LogP contribution in [0.1, 0.15) is 5.56 Å². The van der Waals surface area contributed by atoms with Crippen molar-refractivity contribution in [2.45, 2.75) is 12.6 Å². The normalized spacial score (nSPS) is 23.9. The molecule has 4 nitrogen and oxygen atoms in total. The molecule has 0 saturated carbocycles. The highest BCUT2D eigenvalue weighted by atomic mass is 19.4. The second-order valence-corrected chi connectivity index (χ2v) is 5.03. The van der Waals surface area contributed by atoms with Crippen molar-refractivity contribution in [3.05, 3.63) is 30.1 Å². The molecule has 7 heteroatoms. The lowest BCUT2D eigenvalue weighted by Gasteiger charge is -2.18. The van der Waals surface area contributed by atoms with Gasteiger partial charge < -0.3 is 10.6 Å². The second kappa shape index (κ2) is 5.78. The molecule has 2 atom stereocenters. The smallest absolute Gasteiger partial charge is 0.369 e. The first-order valence-electron chi connectivity index (χ1n) is 6.35. The van der Waals surface area contributed by atoms with Gasteiger partial charge in [-0.3, -0.25) is 9.78 Å². The highest BCUT2D eigenvalue weighted by Gasteiger charge is 2.51. The Morgan fingerprint density at radius 1 is 1.45 bits per heavy atom. The Hall–Kier alpha value is -1.63. The number of carbonyl (C=O) groups is 1. The van der Waals surface area contributed by atoms with Crippen molar-refractivity contribution in [3.63, 3.8) is 0 Å². The van der Waals surface area contributed by atoms with Gasteiger partial charge in [0.25, 0.3) is 0 Å². The third-order valence-electron chi connectivity index (χ3n) is 3.62. The molecule has 0 bridgehead atoms. The van der Waals surface area contributed by atoms with E-state index in [2.05, 4.69) is 4.98 Å². The van der Waals surface area contributed by atoms with Crippen LogP contribution in [0.3, 0.4) is 0 Å². The lowest BCUT2D eigenvalue weighted by molar-refractivity contribution is -0.182. The quantitative estimate of drug-likeness (QED) is 0.906. The average Bonchev–Trinajstić information content (AvgIpc) is 2.82. The topological polar surface area (TPSA) is 59.2 Å². The van der Waals surface area contributed by atoms with Crippen molar-refractivity contribution in [1.82, 2.24) is 9.88 Å². The van der Waals surface area contributed by atoms with Gasteiger partial charge >= 0.3 is 6.18 Å². The van der Waals surface area contributed by atoms with E-state index in [1.165, 1.54) is 0 Å². The molecule has 0 aromatic carbocycles. The van der Waals surface area contributed by atoms with E-state index in [-0.39, 0.29) is 13.1 Å². The SMILES string of the molecule is NC(=O)[C@@H]1CN(CCc2cccnc2)C[C@H]1C(F)(F)F. The molecule has 0 radical (unpaired) electrons. The highest BCUT2D eigenvalue weighted by molar-refractivity contribution is 5.77. The molecule has 1 aromatic heterocycles. The number of rotatable bonds is 4. The zero-order valence-electron chi connectivity index (χ0n) is 10.8. The molecule has 1 aliphatic rings. The molecular weight excluding hydrogens is 271 g/mol. The van der Waals surface area contributed by atoms with Crippen LogP contribution in [-0.2, 0) is 11.2 Å². The summed E-state index contributed by atoms with van der Waals surface area (Å²) in [5.74, 6) is -3.69. The predicted octanol–water partition coefficient (Wildman–Crippen LogP) is 1.22. The number of hydrogen-bond donors (Lipinski definition) is 1. The number of pyridine rings is 1. The molecule has 2 N–H and O–H groups in total. The van der Waals surface area contributed by atoms with E-state index in [1.807, 2.05) is 6.07 Å². The summed E-state index contributed by atoms with van der Waals surface area (Å²) in [6, 6.07) is 3.65. The highest BCUT2D eigenvalue weighted by Crippen LogP contribution is 2.37. The number of carbonyl (C=O) groups excluding carboxylic acids is 1. The van der Waals surface area contributed by atoms with Gasteiger partial charge in [-0.1, -0.05) is 6.07 Å². The Balaban J connectivity index is 1.96. The van der Waals surface area contributed by atoms with Gasteiger partial charge in [0.1, 0.15) is 0 Å². The molecule has 1 amide bonds. The maximum atomic E-state index is 12.9. The van der Waals surface area contributed by atoms with E-state index in [0.717, 1.165) is 5.56 Å². The van der Waals surface area contributed by atoms with Gasteiger partial charge in [-0.15, -0.1) is 0 Å². The number of amides is 1. The van der Waals surface area contributed by atoms with Crippen LogP contribution in [0, 0.1) is 11.8 Å². The summed E-state index contributed by atoms with van der Waals surface area (Å²) in [6.45, 7) is 0.360. The minimum Gasteiger partial charge on any atom is -0.369 e. The number of hydrogen-bond acceptors (Lipinski definition) is 3.